The molecule has 1 atom stereocenters. The summed E-state index contributed by atoms with van der Waals surface area (Å²) in [5.74, 6) is 1.18. The Bertz CT molecular complexity index is 1270. The molecular weight excluding hydrogens is 446 g/mol. The number of nitrogens with one attached hydrogen (secondary N) is 2. The van der Waals surface area contributed by atoms with E-state index < -0.39 is 17.5 Å². The molecule has 1 heterocycles. The number of hydrogen-bond donors (Lipinski definition) is 2. The van der Waals surface area contributed by atoms with E-state index in [-0.39, 0.29) is 12.5 Å². The summed E-state index contributed by atoms with van der Waals surface area (Å²) in [6, 6.07) is 21.2. The Morgan fingerprint density at radius 3 is 2.34 bits per heavy atom. The number of benzene rings is 3. The van der Waals surface area contributed by atoms with Gasteiger partial charge in [-0.15, -0.1) is 0 Å². The minimum absolute atomic E-state index is 0.362. The average molecular weight is 472 g/mol. The summed E-state index contributed by atoms with van der Waals surface area (Å²) in [6.45, 7) is 2.16. The van der Waals surface area contributed by atoms with Crippen LogP contribution in [0.15, 0.2) is 72.8 Å². The largest absolute Gasteiger partial charge is 0.494 e. The van der Waals surface area contributed by atoms with Gasteiger partial charge in [0.15, 0.2) is 0 Å². The zero-order chi connectivity index (χ0) is 24.4. The topological polar surface area (TPSA) is 97.0 Å². The highest BCUT2D eigenvalue weighted by molar-refractivity contribution is 6.10. The molecule has 0 radical (unpaired) electrons. The van der Waals surface area contributed by atoms with Crippen molar-refractivity contribution in [2.75, 3.05) is 18.5 Å². The van der Waals surface area contributed by atoms with E-state index in [1.807, 2.05) is 55.5 Å². The number of aryl methyl sites for hydroxylation is 1. The van der Waals surface area contributed by atoms with E-state index in [2.05, 4.69) is 10.6 Å². The molecule has 3 aromatic rings. The van der Waals surface area contributed by atoms with E-state index in [0.717, 1.165) is 21.8 Å². The van der Waals surface area contributed by atoms with Crippen molar-refractivity contribution in [1.29, 1.82) is 0 Å². The second-order valence-corrected chi connectivity index (χ2v) is 8.46. The summed E-state index contributed by atoms with van der Waals surface area (Å²) in [4.78, 5) is 39.4. The molecule has 178 valence electrons. The van der Waals surface area contributed by atoms with E-state index in [1.165, 1.54) is 0 Å². The van der Waals surface area contributed by atoms with E-state index in [4.69, 9.17) is 9.47 Å². The fourth-order valence-electron chi connectivity index (χ4n) is 4.59. The Labute approximate surface area is 202 Å². The van der Waals surface area contributed by atoms with Crippen molar-refractivity contribution in [1.82, 2.24) is 10.2 Å². The lowest BCUT2D eigenvalue weighted by Gasteiger charge is -2.22. The molecule has 8 nitrogen and oxygen atoms in total. The molecule has 1 saturated heterocycles. The van der Waals surface area contributed by atoms with Crippen LogP contribution in [-0.2, 0) is 21.5 Å². The number of fused-ring (bicyclic) bond motifs is 2. The number of ether oxygens (including phenoxy) is 2. The van der Waals surface area contributed by atoms with Crippen molar-refractivity contribution in [3.05, 3.63) is 83.9 Å². The number of rotatable bonds is 7. The van der Waals surface area contributed by atoms with Crippen LogP contribution in [0, 0.1) is 0 Å². The normalized spacial score (nSPS) is 18.4. The van der Waals surface area contributed by atoms with Gasteiger partial charge in [-0.1, -0.05) is 24.3 Å². The van der Waals surface area contributed by atoms with Gasteiger partial charge in [-0.3, -0.25) is 14.5 Å². The Morgan fingerprint density at radius 1 is 0.971 bits per heavy atom. The number of anilines is 1. The van der Waals surface area contributed by atoms with Gasteiger partial charge in [0.05, 0.1) is 6.61 Å². The molecule has 0 saturated carbocycles. The molecule has 1 aliphatic heterocycles. The summed E-state index contributed by atoms with van der Waals surface area (Å²) in [7, 11) is 0. The van der Waals surface area contributed by atoms with E-state index in [9.17, 15) is 14.4 Å². The Kier molecular flexibility index (Phi) is 5.86. The van der Waals surface area contributed by atoms with Crippen LogP contribution in [0.3, 0.4) is 0 Å². The summed E-state index contributed by atoms with van der Waals surface area (Å²) in [6.07, 6.45) is 1.19. The molecule has 35 heavy (non-hydrogen) atoms. The molecule has 1 unspecified atom stereocenters. The monoisotopic (exact) mass is 471 g/mol. The van der Waals surface area contributed by atoms with Gasteiger partial charge in [0.2, 0.25) is 5.91 Å². The smallest absolute Gasteiger partial charge is 0.325 e. The average Bonchev–Trinajstić information content (AvgIpc) is 3.35. The number of nitrogens with zero attached hydrogens (tertiary/aromatic N) is 1. The van der Waals surface area contributed by atoms with Crippen LogP contribution in [0.4, 0.5) is 10.5 Å². The quantitative estimate of drug-likeness (QED) is 0.503. The minimum atomic E-state index is -1.08. The van der Waals surface area contributed by atoms with E-state index in [0.29, 0.717) is 36.6 Å². The molecule has 1 spiro atoms. The molecule has 1 fully saturated rings. The van der Waals surface area contributed by atoms with Gasteiger partial charge < -0.3 is 20.1 Å². The molecule has 3 aromatic carbocycles. The number of hydrogen-bond acceptors (Lipinski definition) is 5. The molecule has 5 rings (SSSR count). The molecule has 2 aliphatic rings. The molecule has 8 heteroatoms. The number of amides is 4. The maximum atomic E-state index is 13.2. The van der Waals surface area contributed by atoms with E-state index in [1.54, 1.807) is 24.3 Å². The summed E-state index contributed by atoms with van der Waals surface area (Å²) in [5, 5.41) is 5.56. The van der Waals surface area contributed by atoms with Crippen LogP contribution < -0.4 is 20.1 Å². The van der Waals surface area contributed by atoms with Gasteiger partial charge in [-0.05, 0) is 79.4 Å². The fraction of sp³-hybridized carbons (Fsp3) is 0.222. The Hall–Kier alpha value is -4.33. The first-order valence-corrected chi connectivity index (χ1v) is 11.5. The van der Waals surface area contributed by atoms with Crippen LogP contribution >= 0.6 is 0 Å². The van der Waals surface area contributed by atoms with Gasteiger partial charge in [-0.25, -0.2) is 4.79 Å². The Morgan fingerprint density at radius 2 is 1.63 bits per heavy atom. The summed E-state index contributed by atoms with van der Waals surface area (Å²) >= 11 is 0. The number of imide groups is 1. The van der Waals surface area contributed by atoms with Crippen LogP contribution in [0.5, 0.6) is 17.2 Å². The zero-order valence-electron chi connectivity index (χ0n) is 19.2. The van der Waals surface area contributed by atoms with Gasteiger partial charge in [0.25, 0.3) is 5.91 Å². The third kappa shape index (κ3) is 4.30. The van der Waals surface area contributed by atoms with Crippen LogP contribution in [0.25, 0.3) is 0 Å². The van der Waals surface area contributed by atoms with Crippen molar-refractivity contribution in [3.63, 3.8) is 0 Å². The van der Waals surface area contributed by atoms with Crippen LogP contribution in [0.2, 0.25) is 0 Å². The summed E-state index contributed by atoms with van der Waals surface area (Å²) in [5.41, 5.74) is 1.31. The second-order valence-electron chi connectivity index (χ2n) is 8.46. The molecule has 0 aromatic heterocycles. The van der Waals surface area contributed by atoms with Gasteiger partial charge in [-0.2, -0.15) is 0 Å². The summed E-state index contributed by atoms with van der Waals surface area (Å²) < 4.78 is 11.2. The predicted octanol–water partition coefficient (Wildman–Crippen LogP) is 4.21. The van der Waals surface area contributed by atoms with Gasteiger partial charge in [0, 0.05) is 5.69 Å². The first kappa shape index (κ1) is 22.5. The maximum Gasteiger partial charge on any atom is 0.325 e. The van der Waals surface area contributed by atoms with Gasteiger partial charge in [0.1, 0.15) is 29.3 Å². The van der Waals surface area contributed by atoms with Crippen molar-refractivity contribution in [2.45, 2.75) is 25.3 Å². The third-order valence-electron chi connectivity index (χ3n) is 6.23. The van der Waals surface area contributed by atoms with Crippen molar-refractivity contribution < 1.29 is 23.9 Å². The number of urea groups is 1. The molecule has 0 bridgehead atoms. The number of carbonyl (C=O) groups is 3. The number of carbonyl (C=O) groups excluding carboxylic acids is 3. The van der Waals surface area contributed by atoms with Crippen molar-refractivity contribution in [3.8, 4) is 17.2 Å². The van der Waals surface area contributed by atoms with Crippen LogP contribution in [-0.4, -0.2) is 35.9 Å². The highest BCUT2D eigenvalue weighted by Gasteiger charge is 2.55. The Balaban J connectivity index is 1.20. The second kappa shape index (κ2) is 9.13. The zero-order valence-corrected chi connectivity index (χ0v) is 19.2. The SMILES string of the molecule is CCOc1ccc(Oc2ccc(NC(=O)CN3C(=O)NC4(CCc5ccccc54)C3=O)cc2)cc1. The molecule has 4 amide bonds. The predicted molar refractivity (Wildman–Crippen MR) is 129 cm³/mol. The van der Waals surface area contributed by atoms with E-state index >= 15 is 0 Å². The lowest BCUT2D eigenvalue weighted by Crippen LogP contribution is -2.42. The first-order valence-electron chi connectivity index (χ1n) is 11.5. The van der Waals surface area contributed by atoms with Crippen LogP contribution in [0.1, 0.15) is 24.5 Å². The van der Waals surface area contributed by atoms with Crippen molar-refractivity contribution >= 4 is 23.5 Å². The maximum absolute atomic E-state index is 13.2. The fourth-order valence-corrected chi connectivity index (χ4v) is 4.59. The lowest BCUT2D eigenvalue weighted by atomic mass is 9.92. The minimum Gasteiger partial charge on any atom is -0.494 e. The standard InChI is InChI=1S/C27H25N3O5/c1-2-34-20-11-13-22(14-12-20)35-21-9-7-19(8-10-21)28-24(31)17-30-25(32)27(29-26(30)33)16-15-18-5-3-4-6-23(18)27/h3-14H,2,15-17H2,1H3,(H,28,31)(H,29,33). The molecule has 1 aliphatic carbocycles. The molecule has 2 N–H and O–H groups in total. The first-order chi connectivity index (χ1) is 17.0. The molecular formula is C27H25N3O5. The lowest BCUT2D eigenvalue weighted by molar-refractivity contribution is -0.134. The van der Waals surface area contributed by atoms with Crippen molar-refractivity contribution in [2.24, 2.45) is 0 Å². The highest BCUT2D eigenvalue weighted by atomic mass is 16.5. The highest BCUT2D eigenvalue weighted by Crippen LogP contribution is 2.41. The third-order valence-corrected chi connectivity index (χ3v) is 6.23. The van der Waals surface area contributed by atoms with Gasteiger partial charge >= 0.3 is 6.03 Å².